The van der Waals surface area contributed by atoms with Gasteiger partial charge in [0.1, 0.15) is 8.07 Å². The molecule has 0 atom stereocenters. The molecule has 0 fully saturated rings. The summed E-state index contributed by atoms with van der Waals surface area (Å²) in [5.74, 6) is 0. The predicted molar refractivity (Wildman–Crippen MR) is 309 cm³/mol. The van der Waals surface area contributed by atoms with E-state index in [1.807, 2.05) is 0 Å². The van der Waals surface area contributed by atoms with Crippen LogP contribution in [-0.4, -0.2) is 8.07 Å². The van der Waals surface area contributed by atoms with Crippen molar-refractivity contribution >= 4 is 23.6 Å². The average molecular weight is 1110 g/mol. The zero-order chi connectivity index (χ0) is 49.1. The third-order valence-corrected chi connectivity index (χ3v) is 19.2. The van der Waals surface area contributed by atoms with Crippen molar-refractivity contribution in [3.8, 4) is 0 Å². The zero-order valence-electron chi connectivity index (χ0n) is 43.3. The molecule has 11 rings (SSSR count). The van der Waals surface area contributed by atoms with Crippen LogP contribution in [0.15, 0.2) is 284 Å². The van der Waals surface area contributed by atoms with E-state index in [4.69, 9.17) is 0 Å². The SMILES string of the molecule is [C-]1=C([Si](c2cc(Cc3ccccc3)cc(Cc3ccccc3)c2)(c2cc(Cc3ccccc3)cc(Cc3ccccc3)c2)c2cc(Cc3ccccc3)cc(Cc3ccccc3)c2)C(Cc2ccccc2)=CC1.[Cl-].[Cl-].[Cl-].[Ti+4]. The Kier molecular flexibility index (Phi) is 21.3. The van der Waals surface area contributed by atoms with Crippen molar-refractivity contribution in [2.24, 2.45) is 0 Å². The van der Waals surface area contributed by atoms with E-state index < -0.39 is 8.07 Å². The van der Waals surface area contributed by atoms with Gasteiger partial charge in [0.15, 0.2) is 0 Å². The van der Waals surface area contributed by atoms with Crippen molar-refractivity contribution in [2.45, 2.75) is 51.4 Å². The van der Waals surface area contributed by atoms with Crippen LogP contribution in [0.5, 0.6) is 0 Å². The van der Waals surface area contributed by atoms with Gasteiger partial charge in [-0.1, -0.05) is 279 Å². The summed E-state index contributed by atoms with van der Waals surface area (Å²) in [5.41, 5.74) is 18.7. The first-order chi connectivity index (χ1) is 36.1. The van der Waals surface area contributed by atoms with Gasteiger partial charge in [-0.3, -0.25) is 6.08 Å². The third kappa shape index (κ3) is 14.5. The van der Waals surface area contributed by atoms with Crippen LogP contribution in [-0.2, 0) is 66.7 Å². The van der Waals surface area contributed by atoms with E-state index in [9.17, 15) is 0 Å². The maximum Gasteiger partial charge on any atom is 4.00 e. The molecule has 0 nitrogen and oxygen atoms in total. The predicted octanol–water partition coefficient (Wildman–Crippen LogP) is 5.55. The minimum atomic E-state index is -3.36. The van der Waals surface area contributed by atoms with Crippen LogP contribution in [0, 0.1) is 6.08 Å². The average Bonchev–Trinajstić information content (AvgIpc) is 3.89. The van der Waals surface area contributed by atoms with Crippen LogP contribution in [0.1, 0.15) is 78.7 Å². The van der Waals surface area contributed by atoms with E-state index in [0.29, 0.717) is 0 Å². The molecular formula is C72H61Cl3SiTi. The fourth-order valence-corrected chi connectivity index (χ4v) is 16.6. The van der Waals surface area contributed by atoms with Crippen molar-refractivity contribution in [2.75, 3.05) is 0 Å². The van der Waals surface area contributed by atoms with E-state index in [-0.39, 0.29) is 58.9 Å². The van der Waals surface area contributed by atoms with E-state index in [1.165, 1.54) is 98.7 Å². The molecule has 0 aromatic heterocycles. The van der Waals surface area contributed by atoms with E-state index in [2.05, 4.69) is 279 Å². The normalized spacial score (nSPS) is 11.7. The van der Waals surface area contributed by atoms with Gasteiger partial charge < -0.3 is 37.2 Å². The number of rotatable bonds is 18. The van der Waals surface area contributed by atoms with E-state index in [1.54, 1.807) is 0 Å². The minimum absolute atomic E-state index is 0. The van der Waals surface area contributed by atoms with Gasteiger partial charge in [0.25, 0.3) is 0 Å². The van der Waals surface area contributed by atoms with Gasteiger partial charge in [-0.25, -0.2) is 5.20 Å². The molecule has 0 heterocycles. The number of allylic oxidation sites excluding steroid dienone is 4. The first kappa shape index (κ1) is 58.2. The second-order valence-electron chi connectivity index (χ2n) is 20.0. The fourth-order valence-electron chi connectivity index (χ4n) is 11.3. The summed E-state index contributed by atoms with van der Waals surface area (Å²) < 4.78 is 0. The monoisotopic (exact) mass is 1110 g/mol. The Labute approximate surface area is 492 Å². The Balaban J connectivity index is 0.00000215. The molecule has 0 amide bonds. The molecule has 0 saturated carbocycles. The van der Waals surface area contributed by atoms with Crippen LogP contribution in [0.3, 0.4) is 0 Å². The molecule has 1 aliphatic carbocycles. The molecule has 378 valence electrons. The molecule has 0 spiro atoms. The molecule has 0 saturated heterocycles. The first-order valence-electron chi connectivity index (χ1n) is 26.1. The summed E-state index contributed by atoms with van der Waals surface area (Å²) in [6.45, 7) is 0. The first-order valence-corrected chi connectivity index (χ1v) is 28.1. The molecule has 0 radical (unpaired) electrons. The van der Waals surface area contributed by atoms with E-state index >= 15 is 0 Å². The Morgan fingerprint density at radius 3 is 0.688 bits per heavy atom. The largest absolute Gasteiger partial charge is 4.00 e. The molecule has 0 aliphatic heterocycles. The van der Waals surface area contributed by atoms with Crippen molar-refractivity contribution in [3.05, 3.63) is 362 Å². The maximum atomic E-state index is 4.26. The number of halogens is 3. The van der Waals surface area contributed by atoms with Gasteiger partial charge in [0.05, 0.1) is 0 Å². The van der Waals surface area contributed by atoms with Crippen molar-refractivity contribution in [1.82, 2.24) is 0 Å². The Bertz CT molecular complexity index is 2980. The van der Waals surface area contributed by atoms with Crippen LogP contribution in [0.2, 0.25) is 0 Å². The Morgan fingerprint density at radius 1 is 0.260 bits per heavy atom. The molecule has 77 heavy (non-hydrogen) atoms. The van der Waals surface area contributed by atoms with Gasteiger partial charge in [-0.15, -0.1) is 6.42 Å². The third-order valence-electron chi connectivity index (χ3n) is 14.5. The van der Waals surface area contributed by atoms with Gasteiger partial charge in [-0.2, -0.15) is 11.6 Å². The summed E-state index contributed by atoms with van der Waals surface area (Å²) in [6.07, 6.45) is 13.5. The van der Waals surface area contributed by atoms with E-state index in [0.717, 1.165) is 51.4 Å². The molecule has 0 unspecified atom stereocenters. The Morgan fingerprint density at radius 2 is 0.468 bits per heavy atom. The van der Waals surface area contributed by atoms with Crippen molar-refractivity contribution < 1.29 is 58.9 Å². The van der Waals surface area contributed by atoms with Crippen LogP contribution in [0.25, 0.3) is 0 Å². The van der Waals surface area contributed by atoms with Crippen molar-refractivity contribution in [3.63, 3.8) is 0 Å². The van der Waals surface area contributed by atoms with Crippen LogP contribution < -0.4 is 52.8 Å². The maximum absolute atomic E-state index is 4.26. The number of benzene rings is 10. The van der Waals surface area contributed by atoms with Gasteiger partial charge in [0, 0.05) is 0 Å². The van der Waals surface area contributed by atoms with Gasteiger partial charge in [-0.05, 0) is 121 Å². The second-order valence-corrected chi connectivity index (χ2v) is 23.7. The quantitative estimate of drug-likeness (QED) is 0.0602. The smallest absolute Gasteiger partial charge is 1.00 e. The molecule has 0 bridgehead atoms. The number of hydrogen-bond donors (Lipinski definition) is 0. The van der Waals surface area contributed by atoms with Crippen LogP contribution in [0.4, 0.5) is 0 Å². The molecule has 1 aliphatic rings. The minimum Gasteiger partial charge on any atom is -1.00 e. The van der Waals surface area contributed by atoms with Crippen molar-refractivity contribution in [1.29, 1.82) is 0 Å². The Hall–Kier alpha value is -6.52. The molecule has 10 aromatic carbocycles. The fraction of sp³-hybridized carbons (Fsp3) is 0.111. The van der Waals surface area contributed by atoms with Crippen LogP contribution >= 0.6 is 0 Å². The molecule has 5 heteroatoms. The summed E-state index contributed by atoms with van der Waals surface area (Å²) in [4.78, 5) is 0. The molecular weight excluding hydrogens is 1050 g/mol. The second kappa shape index (κ2) is 28.2. The summed E-state index contributed by atoms with van der Waals surface area (Å²) in [6, 6.07) is 101. The summed E-state index contributed by atoms with van der Waals surface area (Å²) >= 11 is 0. The van der Waals surface area contributed by atoms with Gasteiger partial charge in [0.2, 0.25) is 0 Å². The summed E-state index contributed by atoms with van der Waals surface area (Å²) in [5, 5.41) is 5.64. The summed E-state index contributed by atoms with van der Waals surface area (Å²) in [7, 11) is -3.36. The molecule has 10 aromatic rings. The molecule has 0 N–H and O–H groups in total. The standard InChI is InChI=1S/C72H61Si.3ClH.Ti/c1-8-23-55(24-9-1)39-62-45-63(40-56-25-10-2-11-26-56)50-69(49-62)73(72-38-22-37-68(72)48-61-35-20-7-21-36-61,70-51-64(41-57-27-12-3-13-28-57)46-65(52-70)42-58-29-14-4-15-30-58)71-53-66(43-59-31-16-5-17-32-59)47-67(54-71)44-60-33-18-6-19-34-60;;;;/h1-21,23-37,45-47,49-54H,22,39-44,48H2;3*1H;/q-1;;;;+4/p-3. The zero-order valence-corrected chi connectivity index (χ0v) is 48.1. The van der Waals surface area contributed by atoms with Gasteiger partial charge >= 0.3 is 21.7 Å². The number of hydrogen-bond acceptors (Lipinski definition) is 0. The topological polar surface area (TPSA) is 0 Å².